The fraction of sp³-hybridized carbons (Fsp3) is 0.318. The number of pyridine rings is 1. The first kappa shape index (κ1) is 17.1. The smallest absolute Gasteiger partial charge is 0.148 e. The van der Waals surface area contributed by atoms with Gasteiger partial charge in [0, 0.05) is 43.6 Å². The van der Waals surface area contributed by atoms with Crippen LogP contribution in [0.15, 0.2) is 53.9 Å². The molecule has 2 aliphatic rings. The van der Waals surface area contributed by atoms with E-state index >= 15 is 0 Å². The molecule has 0 bridgehead atoms. The molecule has 0 unspecified atom stereocenters. The van der Waals surface area contributed by atoms with Crippen molar-refractivity contribution >= 4 is 22.8 Å². The molecule has 3 aromatic rings. The Balaban J connectivity index is 1.62. The quantitative estimate of drug-likeness (QED) is 0.704. The number of nitrogens with zero attached hydrogens (tertiary/aromatic N) is 5. The third kappa shape index (κ3) is 3.10. The summed E-state index contributed by atoms with van der Waals surface area (Å²) in [4.78, 5) is 16.2. The van der Waals surface area contributed by atoms with Gasteiger partial charge in [-0.25, -0.2) is 4.98 Å². The average molecular weight is 373 g/mol. The first-order valence-electron chi connectivity index (χ1n) is 9.74. The number of hydrogen-bond donors (Lipinski definition) is 0. The van der Waals surface area contributed by atoms with Crippen molar-refractivity contribution in [1.29, 1.82) is 0 Å². The molecule has 1 saturated heterocycles. The van der Waals surface area contributed by atoms with Crippen molar-refractivity contribution in [2.24, 2.45) is 4.99 Å². The summed E-state index contributed by atoms with van der Waals surface area (Å²) in [7, 11) is 0. The van der Waals surface area contributed by atoms with E-state index in [1.807, 2.05) is 18.5 Å². The minimum Gasteiger partial charge on any atom is -0.381 e. The van der Waals surface area contributed by atoms with E-state index < -0.39 is 0 Å². The van der Waals surface area contributed by atoms with E-state index in [1.54, 1.807) is 6.20 Å². The number of imidazole rings is 1. The molecule has 0 aliphatic carbocycles. The minimum absolute atomic E-state index is 0.472. The van der Waals surface area contributed by atoms with Crippen molar-refractivity contribution in [3.05, 3.63) is 60.3 Å². The van der Waals surface area contributed by atoms with Gasteiger partial charge in [0.25, 0.3) is 0 Å². The van der Waals surface area contributed by atoms with Crippen molar-refractivity contribution in [3.63, 3.8) is 0 Å². The number of aromatic nitrogens is 3. The maximum Gasteiger partial charge on any atom is 0.148 e. The maximum atomic E-state index is 5.52. The van der Waals surface area contributed by atoms with Gasteiger partial charge in [-0.3, -0.25) is 14.5 Å². The van der Waals surface area contributed by atoms with Crippen LogP contribution in [-0.4, -0.2) is 51.6 Å². The van der Waals surface area contributed by atoms with Crippen LogP contribution in [0.5, 0.6) is 0 Å². The molecule has 4 heterocycles. The Morgan fingerprint density at radius 3 is 2.71 bits per heavy atom. The lowest BCUT2D eigenvalue weighted by Crippen LogP contribution is -2.37. The molecule has 0 amide bonds. The van der Waals surface area contributed by atoms with Gasteiger partial charge in [0.05, 0.1) is 22.8 Å². The molecule has 5 rings (SSSR count). The number of fused-ring (bicyclic) bond motifs is 1. The molecule has 2 aliphatic heterocycles. The molecule has 0 saturated carbocycles. The van der Waals surface area contributed by atoms with Crippen LogP contribution in [-0.2, 0) is 4.74 Å². The molecular formula is C22H23N5O. The van der Waals surface area contributed by atoms with E-state index in [0.29, 0.717) is 12.7 Å². The summed E-state index contributed by atoms with van der Waals surface area (Å²) in [5, 5.41) is 0. The van der Waals surface area contributed by atoms with Crippen molar-refractivity contribution in [3.8, 4) is 5.69 Å². The van der Waals surface area contributed by atoms with Crippen LogP contribution >= 0.6 is 0 Å². The second-order valence-corrected chi connectivity index (χ2v) is 7.37. The Morgan fingerprint density at radius 1 is 1.07 bits per heavy atom. The highest BCUT2D eigenvalue weighted by Crippen LogP contribution is 2.27. The van der Waals surface area contributed by atoms with Gasteiger partial charge in [-0.1, -0.05) is 17.7 Å². The zero-order valence-corrected chi connectivity index (χ0v) is 16.0. The summed E-state index contributed by atoms with van der Waals surface area (Å²) in [6.07, 6.45) is 9.89. The van der Waals surface area contributed by atoms with Crippen LogP contribution in [0.2, 0.25) is 0 Å². The second-order valence-electron chi connectivity index (χ2n) is 7.37. The highest BCUT2D eigenvalue weighted by Gasteiger charge is 2.23. The lowest BCUT2D eigenvalue weighted by molar-refractivity contribution is 0.0502. The largest absolute Gasteiger partial charge is 0.381 e. The van der Waals surface area contributed by atoms with Crippen LogP contribution in [0.4, 0.5) is 0 Å². The Hall–Kier alpha value is -2.99. The Kier molecular flexibility index (Phi) is 4.41. The summed E-state index contributed by atoms with van der Waals surface area (Å²) < 4.78 is 7.69. The number of benzene rings is 1. The number of hydrogen-bond acceptors (Lipinski definition) is 5. The molecular weight excluding hydrogens is 350 g/mol. The number of aliphatic imine (C=N–C) groups is 1. The van der Waals surface area contributed by atoms with E-state index in [2.05, 4.69) is 56.8 Å². The van der Waals surface area contributed by atoms with E-state index in [4.69, 9.17) is 9.72 Å². The van der Waals surface area contributed by atoms with Gasteiger partial charge < -0.3 is 9.64 Å². The summed E-state index contributed by atoms with van der Waals surface area (Å²) in [6, 6.07) is 10.9. The Labute approximate surface area is 164 Å². The Bertz CT molecular complexity index is 1040. The van der Waals surface area contributed by atoms with Crippen LogP contribution in [0.1, 0.15) is 24.2 Å². The number of aryl methyl sites for hydroxylation is 1. The standard InChI is InChI=1S/C22H23N5O/c1-16-2-4-19(5-3-16)27-21-13-23-9-6-20(21)25-22(27)17-12-24-15-26(14-17)18-7-10-28-11-8-18/h2-6,9,12-14,18H,7-8,10-11,15H2,1H3. The molecule has 6 nitrogen and oxygen atoms in total. The van der Waals surface area contributed by atoms with Gasteiger partial charge >= 0.3 is 0 Å². The van der Waals surface area contributed by atoms with Crippen molar-refractivity contribution in [2.45, 2.75) is 25.8 Å². The van der Waals surface area contributed by atoms with Gasteiger partial charge in [0.2, 0.25) is 0 Å². The SMILES string of the molecule is Cc1ccc(-n2c(C3=CN(C4CCOCC4)CN=C3)nc3ccncc32)cc1. The van der Waals surface area contributed by atoms with Crippen molar-refractivity contribution < 1.29 is 4.74 Å². The second kappa shape index (κ2) is 7.20. The van der Waals surface area contributed by atoms with Gasteiger partial charge in [-0.05, 0) is 38.0 Å². The van der Waals surface area contributed by atoms with Crippen LogP contribution in [0, 0.1) is 6.92 Å². The van der Waals surface area contributed by atoms with E-state index in [-0.39, 0.29) is 0 Å². The molecule has 1 aromatic carbocycles. The molecule has 2 aromatic heterocycles. The highest BCUT2D eigenvalue weighted by molar-refractivity contribution is 6.10. The van der Waals surface area contributed by atoms with E-state index in [0.717, 1.165) is 54.2 Å². The average Bonchev–Trinajstić information content (AvgIpc) is 3.15. The third-order valence-corrected chi connectivity index (χ3v) is 5.45. The molecule has 0 radical (unpaired) electrons. The number of ether oxygens (including phenoxy) is 1. The molecule has 142 valence electrons. The molecule has 0 spiro atoms. The van der Waals surface area contributed by atoms with E-state index in [1.165, 1.54) is 5.56 Å². The normalized spacial score (nSPS) is 17.9. The molecule has 28 heavy (non-hydrogen) atoms. The number of rotatable bonds is 3. The number of allylic oxidation sites excluding steroid dienone is 1. The van der Waals surface area contributed by atoms with Crippen LogP contribution < -0.4 is 0 Å². The van der Waals surface area contributed by atoms with Gasteiger partial charge in [0.1, 0.15) is 12.5 Å². The van der Waals surface area contributed by atoms with Crippen molar-refractivity contribution in [1.82, 2.24) is 19.4 Å². The molecule has 1 fully saturated rings. The monoisotopic (exact) mass is 373 g/mol. The summed E-state index contributed by atoms with van der Waals surface area (Å²) in [6.45, 7) is 4.43. The van der Waals surface area contributed by atoms with Crippen LogP contribution in [0.25, 0.3) is 22.3 Å². The highest BCUT2D eigenvalue weighted by atomic mass is 16.5. The first-order valence-corrected chi connectivity index (χ1v) is 9.74. The summed E-state index contributed by atoms with van der Waals surface area (Å²) >= 11 is 0. The van der Waals surface area contributed by atoms with Crippen molar-refractivity contribution in [2.75, 3.05) is 19.9 Å². The van der Waals surface area contributed by atoms with Gasteiger partial charge in [0.15, 0.2) is 0 Å². The summed E-state index contributed by atoms with van der Waals surface area (Å²) in [5.74, 6) is 0.896. The topological polar surface area (TPSA) is 55.5 Å². The predicted molar refractivity (Wildman–Crippen MR) is 111 cm³/mol. The fourth-order valence-corrected chi connectivity index (χ4v) is 3.91. The Morgan fingerprint density at radius 2 is 1.89 bits per heavy atom. The lowest BCUT2D eigenvalue weighted by atomic mass is 10.1. The molecule has 6 heteroatoms. The minimum atomic E-state index is 0.472. The lowest BCUT2D eigenvalue weighted by Gasteiger charge is -2.34. The van der Waals surface area contributed by atoms with Gasteiger partial charge in [-0.15, -0.1) is 0 Å². The zero-order chi connectivity index (χ0) is 18.9. The maximum absolute atomic E-state index is 5.52. The van der Waals surface area contributed by atoms with Gasteiger partial charge in [-0.2, -0.15) is 0 Å². The van der Waals surface area contributed by atoms with Crippen LogP contribution in [0.3, 0.4) is 0 Å². The zero-order valence-electron chi connectivity index (χ0n) is 16.0. The first-order chi connectivity index (χ1) is 13.8. The molecule has 0 atom stereocenters. The molecule has 0 N–H and O–H groups in total. The third-order valence-electron chi connectivity index (χ3n) is 5.45. The predicted octanol–water partition coefficient (Wildman–Crippen LogP) is 3.59. The summed E-state index contributed by atoms with van der Waals surface area (Å²) in [5.41, 5.74) is 5.27. The fourth-order valence-electron chi connectivity index (χ4n) is 3.91. The van der Waals surface area contributed by atoms with E-state index in [9.17, 15) is 0 Å².